The third kappa shape index (κ3) is 3.87. The van der Waals surface area contributed by atoms with Crippen molar-refractivity contribution in [2.75, 3.05) is 16.8 Å². The molecule has 0 bridgehead atoms. The number of furan rings is 1. The van der Waals surface area contributed by atoms with Gasteiger partial charge < -0.3 is 20.0 Å². The van der Waals surface area contributed by atoms with Crippen molar-refractivity contribution in [3.05, 3.63) is 59.2 Å². The Kier molecular flexibility index (Phi) is 4.68. The van der Waals surface area contributed by atoms with Gasteiger partial charge in [0, 0.05) is 23.7 Å². The van der Waals surface area contributed by atoms with Gasteiger partial charge >= 0.3 is 0 Å². The molecule has 1 fully saturated rings. The summed E-state index contributed by atoms with van der Waals surface area (Å²) in [6, 6.07) is 11.6. The van der Waals surface area contributed by atoms with Crippen molar-refractivity contribution in [1.82, 2.24) is 5.32 Å². The summed E-state index contributed by atoms with van der Waals surface area (Å²) in [6.07, 6.45) is 3.31. The first kappa shape index (κ1) is 19.9. The Morgan fingerprint density at radius 3 is 2.68 bits per heavy atom. The summed E-state index contributed by atoms with van der Waals surface area (Å²) in [5, 5.41) is 6.65. The van der Waals surface area contributed by atoms with Crippen molar-refractivity contribution in [1.29, 1.82) is 0 Å². The Balaban J connectivity index is 1.66. The molecule has 1 aliphatic heterocycles. The SMILES string of the molecule is Cc1ccc(C2C3=C(CC(C)(C)CC3=O)Nc3ccccc3N2CC(=O)NC2CC2)o1. The fourth-order valence-corrected chi connectivity index (χ4v) is 4.78. The number of para-hydroxylation sites is 2. The Morgan fingerprint density at radius 1 is 1.19 bits per heavy atom. The normalized spacial score (nSPS) is 22.4. The summed E-state index contributed by atoms with van der Waals surface area (Å²) < 4.78 is 6.06. The van der Waals surface area contributed by atoms with E-state index in [1.54, 1.807) is 0 Å². The topological polar surface area (TPSA) is 74.6 Å². The summed E-state index contributed by atoms with van der Waals surface area (Å²) in [4.78, 5) is 28.4. The number of aryl methyl sites for hydroxylation is 1. The fourth-order valence-electron chi connectivity index (χ4n) is 4.78. The van der Waals surface area contributed by atoms with E-state index in [2.05, 4.69) is 24.5 Å². The quantitative estimate of drug-likeness (QED) is 0.764. The second-order valence-electron chi connectivity index (χ2n) is 9.80. The number of nitrogens with zero attached hydrogens (tertiary/aromatic N) is 1. The van der Waals surface area contributed by atoms with Crippen molar-refractivity contribution >= 4 is 23.1 Å². The Morgan fingerprint density at radius 2 is 1.97 bits per heavy atom. The highest BCUT2D eigenvalue weighted by Gasteiger charge is 2.43. The van der Waals surface area contributed by atoms with Gasteiger partial charge in [-0.3, -0.25) is 9.59 Å². The van der Waals surface area contributed by atoms with Crippen LogP contribution >= 0.6 is 0 Å². The molecule has 162 valence electrons. The number of rotatable bonds is 4. The number of allylic oxidation sites excluding steroid dienone is 1. The number of benzene rings is 1. The van der Waals surface area contributed by atoms with E-state index in [9.17, 15) is 9.59 Å². The van der Waals surface area contributed by atoms with E-state index in [4.69, 9.17) is 4.42 Å². The molecule has 2 N–H and O–H groups in total. The predicted molar refractivity (Wildman–Crippen MR) is 120 cm³/mol. The van der Waals surface area contributed by atoms with Crippen LogP contribution < -0.4 is 15.5 Å². The average molecular weight is 420 g/mol. The van der Waals surface area contributed by atoms with Crippen LogP contribution in [0.2, 0.25) is 0 Å². The van der Waals surface area contributed by atoms with Gasteiger partial charge in [-0.05, 0) is 55.9 Å². The predicted octanol–water partition coefficient (Wildman–Crippen LogP) is 4.48. The zero-order valence-corrected chi connectivity index (χ0v) is 18.3. The summed E-state index contributed by atoms with van der Waals surface area (Å²) in [7, 11) is 0. The summed E-state index contributed by atoms with van der Waals surface area (Å²) >= 11 is 0. The first-order valence-electron chi connectivity index (χ1n) is 11.1. The maximum Gasteiger partial charge on any atom is 0.239 e. The minimum Gasteiger partial charge on any atom is -0.464 e. The average Bonchev–Trinajstić information content (AvgIpc) is 3.42. The highest BCUT2D eigenvalue weighted by molar-refractivity contribution is 6.01. The smallest absolute Gasteiger partial charge is 0.239 e. The molecule has 2 aromatic rings. The highest BCUT2D eigenvalue weighted by atomic mass is 16.3. The molecule has 0 spiro atoms. The standard InChI is InChI=1S/C25H29N3O3/c1-15-8-11-21(31-15)24-23-18(12-25(2,3)13-20(23)29)27-17-6-4-5-7-19(17)28(24)14-22(30)26-16-9-10-16/h4-8,11,16,24,27H,9-10,12-14H2,1-3H3,(H,26,30). The number of fused-ring (bicyclic) bond motifs is 1. The summed E-state index contributed by atoms with van der Waals surface area (Å²) in [5.41, 5.74) is 3.32. The summed E-state index contributed by atoms with van der Waals surface area (Å²) in [6.45, 7) is 6.31. The van der Waals surface area contributed by atoms with E-state index in [0.29, 0.717) is 17.8 Å². The van der Waals surface area contributed by atoms with Gasteiger partial charge in [-0.15, -0.1) is 0 Å². The molecule has 6 heteroatoms. The minimum atomic E-state index is -0.451. The van der Waals surface area contributed by atoms with Gasteiger partial charge in [0.15, 0.2) is 5.78 Å². The maximum atomic E-state index is 13.5. The van der Waals surface area contributed by atoms with Gasteiger partial charge in [0.2, 0.25) is 5.91 Å². The molecular weight excluding hydrogens is 390 g/mol. The molecule has 5 rings (SSSR count). The number of amides is 1. The molecule has 0 saturated heterocycles. The number of anilines is 2. The lowest BCUT2D eigenvalue weighted by molar-refractivity contribution is -0.121. The van der Waals surface area contributed by atoms with Crippen LogP contribution in [0.3, 0.4) is 0 Å². The van der Waals surface area contributed by atoms with Crippen LogP contribution in [-0.2, 0) is 9.59 Å². The first-order valence-corrected chi connectivity index (χ1v) is 11.1. The molecule has 1 saturated carbocycles. The second-order valence-corrected chi connectivity index (χ2v) is 9.80. The zero-order chi connectivity index (χ0) is 21.8. The van der Waals surface area contributed by atoms with E-state index in [1.807, 2.05) is 48.2 Å². The minimum absolute atomic E-state index is 0.0294. The molecule has 1 amide bonds. The van der Waals surface area contributed by atoms with Crippen molar-refractivity contribution in [3.63, 3.8) is 0 Å². The lowest BCUT2D eigenvalue weighted by atomic mass is 9.74. The van der Waals surface area contributed by atoms with Crippen LogP contribution in [0.25, 0.3) is 0 Å². The van der Waals surface area contributed by atoms with Crippen LogP contribution in [0.4, 0.5) is 11.4 Å². The van der Waals surface area contributed by atoms with Crippen LogP contribution in [0.1, 0.15) is 57.1 Å². The van der Waals surface area contributed by atoms with Crippen molar-refractivity contribution in [3.8, 4) is 0 Å². The zero-order valence-electron chi connectivity index (χ0n) is 18.3. The number of nitrogens with one attached hydrogen (secondary N) is 2. The Labute approximate surface area is 182 Å². The molecule has 31 heavy (non-hydrogen) atoms. The molecule has 0 radical (unpaired) electrons. The van der Waals surface area contributed by atoms with E-state index in [1.165, 1.54) is 0 Å². The number of carbonyl (C=O) groups is 2. The van der Waals surface area contributed by atoms with Crippen LogP contribution in [-0.4, -0.2) is 24.3 Å². The molecule has 2 heterocycles. The van der Waals surface area contributed by atoms with Gasteiger partial charge in [0.05, 0.1) is 17.9 Å². The van der Waals surface area contributed by atoms with Crippen LogP contribution in [0.15, 0.2) is 52.1 Å². The number of hydrogen-bond donors (Lipinski definition) is 2. The molecule has 1 atom stereocenters. The summed E-state index contributed by atoms with van der Waals surface area (Å²) in [5.74, 6) is 1.56. The number of Topliss-reactive ketones (excluding diaryl/α,β-unsaturated/α-hetero) is 1. The van der Waals surface area contributed by atoms with Crippen LogP contribution in [0.5, 0.6) is 0 Å². The third-order valence-corrected chi connectivity index (χ3v) is 6.29. The second kappa shape index (κ2) is 7.29. The molecule has 2 aliphatic carbocycles. The van der Waals surface area contributed by atoms with Gasteiger partial charge in [-0.2, -0.15) is 0 Å². The number of carbonyl (C=O) groups excluding carboxylic acids is 2. The van der Waals surface area contributed by atoms with E-state index < -0.39 is 6.04 Å². The van der Waals surface area contributed by atoms with Crippen molar-refractivity contribution in [2.24, 2.45) is 5.41 Å². The third-order valence-electron chi connectivity index (χ3n) is 6.29. The van der Waals surface area contributed by atoms with E-state index >= 15 is 0 Å². The molecule has 1 aromatic heterocycles. The number of ketones is 1. The molecule has 1 aromatic carbocycles. The molecular formula is C25H29N3O3. The van der Waals surface area contributed by atoms with Gasteiger partial charge in [0.25, 0.3) is 0 Å². The largest absolute Gasteiger partial charge is 0.464 e. The maximum absolute atomic E-state index is 13.5. The van der Waals surface area contributed by atoms with E-state index in [0.717, 1.165) is 42.1 Å². The highest BCUT2D eigenvalue weighted by Crippen LogP contribution is 2.48. The number of hydrogen-bond acceptors (Lipinski definition) is 5. The Bertz CT molecular complexity index is 1080. The monoisotopic (exact) mass is 419 g/mol. The van der Waals surface area contributed by atoms with Crippen LogP contribution in [0, 0.1) is 12.3 Å². The van der Waals surface area contributed by atoms with Crippen molar-refractivity contribution < 1.29 is 14.0 Å². The Hall–Kier alpha value is -3.02. The first-order chi connectivity index (χ1) is 14.8. The fraction of sp³-hybridized carbons (Fsp3) is 0.440. The molecule has 1 unspecified atom stereocenters. The van der Waals surface area contributed by atoms with Crippen molar-refractivity contribution in [2.45, 2.75) is 58.5 Å². The molecule has 6 nitrogen and oxygen atoms in total. The van der Waals surface area contributed by atoms with Gasteiger partial charge in [0.1, 0.15) is 17.6 Å². The lowest BCUT2D eigenvalue weighted by Crippen LogP contribution is -2.42. The van der Waals surface area contributed by atoms with Gasteiger partial charge in [-0.1, -0.05) is 26.0 Å². The van der Waals surface area contributed by atoms with Gasteiger partial charge in [-0.25, -0.2) is 0 Å². The lowest BCUT2D eigenvalue weighted by Gasteiger charge is -2.36. The van der Waals surface area contributed by atoms with E-state index in [-0.39, 0.29) is 29.7 Å². The molecule has 3 aliphatic rings.